The highest BCUT2D eigenvalue weighted by molar-refractivity contribution is 7.91. The molecule has 0 aliphatic heterocycles. The number of anilines is 1. The lowest BCUT2D eigenvalue weighted by Gasteiger charge is -2.24. The maximum atomic E-state index is 12.4. The molecule has 0 aliphatic rings. The molecule has 0 heterocycles. The highest BCUT2D eigenvalue weighted by Gasteiger charge is 2.40. The minimum atomic E-state index is -3.82. The van der Waals surface area contributed by atoms with Crippen molar-refractivity contribution in [1.29, 1.82) is 0 Å². The fraction of sp³-hybridized carbons (Fsp3) is 0.188. The average molecular weight is 423 g/mol. The quantitative estimate of drug-likeness (QED) is 0.723. The molecule has 2 aromatic rings. The Morgan fingerprint density at radius 2 is 1.52 bits per heavy atom. The molecule has 2 aromatic carbocycles. The van der Waals surface area contributed by atoms with Gasteiger partial charge in [0.15, 0.2) is 15.9 Å². The number of ether oxygens (including phenoxy) is 1. The first kappa shape index (κ1) is 19.8. The molecule has 1 atom stereocenters. The van der Waals surface area contributed by atoms with Crippen LogP contribution in [0, 0.1) is 0 Å². The summed E-state index contributed by atoms with van der Waals surface area (Å²) >= 11 is 17.4. The monoisotopic (exact) mass is 421 g/mol. The number of benzene rings is 2. The van der Waals surface area contributed by atoms with E-state index in [1.807, 2.05) is 0 Å². The van der Waals surface area contributed by atoms with Crippen molar-refractivity contribution in [1.82, 2.24) is 0 Å². The summed E-state index contributed by atoms with van der Waals surface area (Å²) in [5.74, 6) is -0.671. The van der Waals surface area contributed by atoms with Gasteiger partial charge in [0, 0.05) is 5.69 Å². The molecule has 0 spiro atoms. The Kier molecular flexibility index (Phi) is 6.57. The normalized spacial score (nSPS) is 13.1. The molecule has 25 heavy (non-hydrogen) atoms. The van der Waals surface area contributed by atoms with Gasteiger partial charge in [-0.25, -0.2) is 13.2 Å². The van der Waals surface area contributed by atoms with Crippen molar-refractivity contribution in [3.8, 4) is 0 Å². The van der Waals surface area contributed by atoms with Crippen LogP contribution in [0.3, 0.4) is 0 Å². The van der Waals surface area contributed by atoms with Gasteiger partial charge in [-0.1, -0.05) is 71.2 Å². The third-order valence-electron chi connectivity index (χ3n) is 3.11. The summed E-state index contributed by atoms with van der Waals surface area (Å²) in [5, 5.41) is 2.44. The lowest BCUT2D eigenvalue weighted by atomic mass is 10.3. The molecule has 134 valence electrons. The standard InChI is InChI=1S/C16H14Cl3NO4S/c17-16(18,19)14(11-25(22,23)13-9-5-2-6-10-13)24-15(21)20-12-7-3-1-4-8-12/h1-10,14H,11H2,(H,20,21). The summed E-state index contributed by atoms with van der Waals surface area (Å²) in [4.78, 5) is 12.0. The van der Waals surface area contributed by atoms with Crippen LogP contribution < -0.4 is 5.32 Å². The van der Waals surface area contributed by atoms with Crippen molar-refractivity contribution in [2.45, 2.75) is 14.8 Å². The van der Waals surface area contributed by atoms with E-state index in [1.165, 1.54) is 12.1 Å². The topological polar surface area (TPSA) is 72.5 Å². The Bertz CT molecular complexity index is 808. The van der Waals surface area contributed by atoms with Crippen molar-refractivity contribution >= 4 is 56.4 Å². The number of nitrogens with one attached hydrogen (secondary N) is 1. The molecule has 2 rings (SSSR count). The van der Waals surface area contributed by atoms with E-state index in [1.54, 1.807) is 48.5 Å². The van der Waals surface area contributed by atoms with Gasteiger partial charge in [0.2, 0.25) is 3.79 Å². The van der Waals surface area contributed by atoms with Gasteiger partial charge >= 0.3 is 6.09 Å². The lowest BCUT2D eigenvalue weighted by Crippen LogP contribution is -2.38. The third-order valence-corrected chi connectivity index (χ3v) is 5.57. The fourth-order valence-electron chi connectivity index (χ4n) is 1.92. The van der Waals surface area contributed by atoms with Gasteiger partial charge in [-0.15, -0.1) is 0 Å². The van der Waals surface area contributed by atoms with Crippen molar-refractivity contribution in [2.24, 2.45) is 0 Å². The number of sulfone groups is 1. The number of carbonyl (C=O) groups excluding carboxylic acids is 1. The van der Waals surface area contributed by atoms with Gasteiger partial charge in [0.25, 0.3) is 0 Å². The predicted octanol–water partition coefficient (Wildman–Crippen LogP) is 4.45. The van der Waals surface area contributed by atoms with Gasteiger partial charge < -0.3 is 4.74 Å². The summed E-state index contributed by atoms with van der Waals surface area (Å²) in [7, 11) is -3.82. The molecule has 0 radical (unpaired) electrons. The van der Waals surface area contributed by atoms with E-state index in [0.29, 0.717) is 5.69 Å². The highest BCUT2D eigenvalue weighted by atomic mass is 35.6. The SMILES string of the molecule is O=C(Nc1ccccc1)OC(CS(=O)(=O)c1ccccc1)C(Cl)(Cl)Cl. The second kappa shape index (κ2) is 8.27. The molecule has 0 saturated heterocycles. The molecular weight excluding hydrogens is 409 g/mol. The second-order valence-corrected chi connectivity index (χ2v) is 9.42. The molecule has 1 amide bonds. The van der Waals surface area contributed by atoms with Crippen LogP contribution in [0.2, 0.25) is 0 Å². The maximum absolute atomic E-state index is 12.4. The highest BCUT2D eigenvalue weighted by Crippen LogP contribution is 2.34. The number of hydrogen-bond donors (Lipinski definition) is 1. The molecule has 0 fully saturated rings. The first-order valence-electron chi connectivity index (χ1n) is 7.06. The summed E-state index contributed by atoms with van der Waals surface area (Å²) < 4.78 is 27.8. The second-order valence-electron chi connectivity index (χ2n) is 5.02. The van der Waals surface area contributed by atoms with Crippen LogP contribution in [0.1, 0.15) is 0 Å². The Morgan fingerprint density at radius 3 is 2.04 bits per heavy atom. The van der Waals surface area contributed by atoms with Gasteiger partial charge in [-0.3, -0.25) is 5.32 Å². The van der Waals surface area contributed by atoms with E-state index in [2.05, 4.69) is 5.32 Å². The molecule has 1 N–H and O–H groups in total. The largest absolute Gasteiger partial charge is 0.440 e. The zero-order chi connectivity index (χ0) is 18.5. The van der Waals surface area contributed by atoms with Crippen LogP contribution in [-0.2, 0) is 14.6 Å². The molecular formula is C16H14Cl3NO4S. The molecule has 5 nitrogen and oxygen atoms in total. The number of alkyl halides is 3. The average Bonchev–Trinajstić information content (AvgIpc) is 2.55. The van der Waals surface area contributed by atoms with E-state index in [4.69, 9.17) is 39.5 Å². The summed E-state index contributed by atoms with van der Waals surface area (Å²) in [6, 6.07) is 16.1. The first-order valence-corrected chi connectivity index (χ1v) is 9.84. The molecule has 0 saturated carbocycles. The summed E-state index contributed by atoms with van der Waals surface area (Å²) in [6.07, 6.45) is -2.42. The van der Waals surface area contributed by atoms with E-state index < -0.39 is 31.6 Å². The third kappa shape index (κ3) is 6.08. The van der Waals surface area contributed by atoms with Crippen LogP contribution in [0.15, 0.2) is 65.6 Å². The van der Waals surface area contributed by atoms with Crippen LogP contribution in [0.4, 0.5) is 10.5 Å². The molecule has 9 heteroatoms. The predicted molar refractivity (Wildman–Crippen MR) is 99.1 cm³/mol. The lowest BCUT2D eigenvalue weighted by molar-refractivity contribution is 0.124. The van der Waals surface area contributed by atoms with Crippen molar-refractivity contribution < 1.29 is 17.9 Å². The van der Waals surface area contributed by atoms with Crippen LogP contribution in [0.5, 0.6) is 0 Å². The van der Waals surface area contributed by atoms with Crippen molar-refractivity contribution in [3.63, 3.8) is 0 Å². The van der Waals surface area contributed by atoms with Crippen LogP contribution >= 0.6 is 34.8 Å². The van der Waals surface area contributed by atoms with Crippen molar-refractivity contribution in [3.05, 3.63) is 60.7 Å². The van der Waals surface area contributed by atoms with Crippen LogP contribution in [0.25, 0.3) is 0 Å². The smallest absolute Gasteiger partial charge is 0.412 e. The fourth-order valence-corrected chi connectivity index (χ4v) is 4.04. The molecule has 1 unspecified atom stereocenters. The molecule has 0 bridgehead atoms. The maximum Gasteiger partial charge on any atom is 0.412 e. The Morgan fingerprint density at radius 1 is 1.00 bits per heavy atom. The number of hydrogen-bond acceptors (Lipinski definition) is 4. The number of carbonyl (C=O) groups is 1. The first-order chi connectivity index (χ1) is 11.7. The molecule has 0 aliphatic carbocycles. The minimum Gasteiger partial charge on any atom is -0.440 e. The minimum absolute atomic E-state index is 0.0429. The van der Waals surface area contributed by atoms with E-state index in [9.17, 15) is 13.2 Å². The van der Waals surface area contributed by atoms with Gasteiger partial charge in [0.05, 0.1) is 10.6 Å². The number of para-hydroxylation sites is 1. The number of halogens is 3. The number of amides is 1. The van der Waals surface area contributed by atoms with E-state index >= 15 is 0 Å². The van der Waals surface area contributed by atoms with E-state index in [0.717, 1.165) is 0 Å². The Hall–Kier alpha value is -1.47. The van der Waals surface area contributed by atoms with Crippen molar-refractivity contribution in [2.75, 3.05) is 11.1 Å². The van der Waals surface area contributed by atoms with Crippen LogP contribution in [-0.4, -0.2) is 30.2 Å². The summed E-state index contributed by atoms with van der Waals surface area (Å²) in [5.41, 5.74) is 0.460. The van der Waals surface area contributed by atoms with Gasteiger partial charge in [-0.05, 0) is 24.3 Å². The van der Waals surface area contributed by atoms with Gasteiger partial charge in [-0.2, -0.15) is 0 Å². The Labute approximate surface area is 160 Å². The summed E-state index contributed by atoms with van der Waals surface area (Å²) in [6.45, 7) is 0. The molecule has 0 aromatic heterocycles. The zero-order valence-corrected chi connectivity index (χ0v) is 15.8. The Balaban J connectivity index is 2.13. The van der Waals surface area contributed by atoms with Gasteiger partial charge in [0.1, 0.15) is 0 Å². The number of rotatable bonds is 5. The van der Waals surface area contributed by atoms with E-state index in [-0.39, 0.29) is 4.90 Å². The zero-order valence-electron chi connectivity index (χ0n) is 12.7.